The van der Waals surface area contributed by atoms with Gasteiger partial charge in [0.25, 0.3) is 10.1 Å². The Morgan fingerprint density at radius 1 is 1.31 bits per heavy atom. The molecular weight excluding hydrogens is 260 g/mol. The quantitative estimate of drug-likeness (QED) is 0.623. The molecule has 4 nitrogen and oxygen atoms in total. The lowest BCUT2D eigenvalue weighted by Gasteiger charge is -1.98. The summed E-state index contributed by atoms with van der Waals surface area (Å²) in [5.74, 6) is 0. The average Bonchev–Trinajstić information content (AvgIpc) is 1.83. The van der Waals surface area contributed by atoms with Crippen molar-refractivity contribution >= 4 is 45.7 Å². The topological polar surface area (TPSA) is 67.3 Å². The molecule has 1 aromatic rings. The summed E-state index contributed by atoms with van der Waals surface area (Å²) in [5.41, 5.74) is 0. The first-order chi connectivity index (χ1) is 5.41. The minimum atomic E-state index is -4.30. The van der Waals surface area contributed by atoms with Gasteiger partial charge in [0.15, 0.2) is 5.15 Å². The minimum absolute atomic E-state index is 0. The maximum Gasteiger partial charge on any atom is 0.297 e. The zero-order valence-corrected chi connectivity index (χ0v) is 9.08. The van der Waals surface area contributed by atoms with Gasteiger partial charge in [0.05, 0.1) is 0 Å². The molecule has 8 heteroatoms. The lowest BCUT2D eigenvalue weighted by Crippen LogP contribution is -1.99. The van der Waals surface area contributed by atoms with E-state index in [1.807, 2.05) is 0 Å². The van der Waals surface area contributed by atoms with E-state index in [-0.39, 0.29) is 22.7 Å². The summed E-state index contributed by atoms with van der Waals surface area (Å²) in [6, 6.07) is 2.30. The highest BCUT2D eigenvalue weighted by molar-refractivity contribution is 7.86. The monoisotopic (exact) mass is 263 g/mol. The number of pyridine rings is 1. The van der Waals surface area contributed by atoms with E-state index in [1.165, 1.54) is 6.07 Å². The highest BCUT2D eigenvalue weighted by atomic mass is 35.5. The maximum atomic E-state index is 10.6. The Kier molecular flexibility index (Phi) is 4.41. The summed E-state index contributed by atoms with van der Waals surface area (Å²) in [6.07, 6.45) is 0. The van der Waals surface area contributed by atoms with Crippen LogP contribution in [0.4, 0.5) is 0 Å². The fourth-order valence-electron chi connectivity index (χ4n) is 0.592. The van der Waals surface area contributed by atoms with Crippen LogP contribution >= 0.6 is 35.6 Å². The summed E-state index contributed by atoms with van der Waals surface area (Å²) in [7, 11) is -4.30. The van der Waals surface area contributed by atoms with Crippen molar-refractivity contribution in [3.05, 3.63) is 22.4 Å². The minimum Gasteiger partial charge on any atom is -0.282 e. The first-order valence-electron chi connectivity index (χ1n) is 2.71. The standard InChI is InChI=1S/C5H3Cl2NO3S.ClH/c6-4-2-1-3(5(7)8-4)12(9,10)11;/h1-2H,(H,9,10,11);1H. The first kappa shape index (κ1) is 12.9. The Bertz CT molecular complexity index is 405. The molecule has 0 spiro atoms. The van der Waals surface area contributed by atoms with Gasteiger partial charge in [-0.15, -0.1) is 12.4 Å². The molecule has 0 bridgehead atoms. The lowest BCUT2D eigenvalue weighted by molar-refractivity contribution is 0.483. The molecule has 1 rings (SSSR count). The number of halogens is 3. The number of rotatable bonds is 1. The van der Waals surface area contributed by atoms with E-state index in [2.05, 4.69) is 4.98 Å². The summed E-state index contributed by atoms with van der Waals surface area (Å²) in [4.78, 5) is 2.98. The number of nitrogens with zero attached hydrogens (tertiary/aromatic N) is 1. The molecule has 1 aromatic heterocycles. The van der Waals surface area contributed by atoms with Crippen LogP contribution < -0.4 is 0 Å². The van der Waals surface area contributed by atoms with E-state index < -0.39 is 15.0 Å². The third-order valence-electron chi connectivity index (χ3n) is 1.06. The zero-order chi connectivity index (χ0) is 9.35. The fraction of sp³-hybridized carbons (Fsp3) is 0. The number of hydrogen-bond donors (Lipinski definition) is 1. The third-order valence-corrected chi connectivity index (χ3v) is 2.55. The Labute approximate surface area is 91.0 Å². The molecule has 0 atom stereocenters. The van der Waals surface area contributed by atoms with Crippen LogP contribution in [0, 0.1) is 0 Å². The molecule has 74 valence electrons. The fourth-order valence-corrected chi connectivity index (χ4v) is 1.73. The molecule has 0 aliphatic heterocycles. The van der Waals surface area contributed by atoms with Gasteiger partial charge in [-0.3, -0.25) is 4.55 Å². The van der Waals surface area contributed by atoms with Crippen LogP contribution in [0.15, 0.2) is 17.0 Å². The van der Waals surface area contributed by atoms with Crippen molar-refractivity contribution in [2.45, 2.75) is 4.90 Å². The summed E-state index contributed by atoms with van der Waals surface area (Å²) >= 11 is 10.8. The Hall–Kier alpha value is -0.0700. The highest BCUT2D eigenvalue weighted by Crippen LogP contribution is 2.20. The van der Waals surface area contributed by atoms with Crippen LogP contribution in [0.5, 0.6) is 0 Å². The Morgan fingerprint density at radius 2 is 1.85 bits per heavy atom. The van der Waals surface area contributed by atoms with Crippen LogP contribution in [-0.4, -0.2) is 18.0 Å². The molecule has 0 fully saturated rings. The third kappa shape index (κ3) is 3.28. The van der Waals surface area contributed by atoms with Gasteiger partial charge < -0.3 is 0 Å². The predicted octanol–water partition coefficient (Wildman–Crippen LogP) is 2.06. The van der Waals surface area contributed by atoms with Crippen molar-refractivity contribution in [3.63, 3.8) is 0 Å². The van der Waals surface area contributed by atoms with Gasteiger partial charge in [-0.1, -0.05) is 23.2 Å². The van der Waals surface area contributed by atoms with E-state index in [1.54, 1.807) is 0 Å². The van der Waals surface area contributed by atoms with Crippen LogP contribution in [-0.2, 0) is 10.1 Å². The van der Waals surface area contributed by atoms with Gasteiger partial charge in [0, 0.05) is 0 Å². The molecule has 0 aliphatic rings. The molecular formula is C5H4Cl3NO3S. The molecule has 1 heterocycles. The van der Waals surface area contributed by atoms with Gasteiger partial charge in [-0.05, 0) is 12.1 Å². The molecule has 0 saturated heterocycles. The van der Waals surface area contributed by atoms with E-state index in [9.17, 15) is 8.42 Å². The van der Waals surface area contributed by atoms with E-state index in [0.717, 1.165) is 6.07 Å². The average molecular weight is 265 g/mol. The van der Waals surface area contributed by atoms with Gasteiger partial charge >= 0.3 is 0 Å². The SMILES string of the molecule is Cl.O=S(=O)(O)c1ccc(Cl)nc1Cl. The zero-order valence-electron chi connectivity index (χ0n) is 5.94. The molecule has 0 unspecified atom stereocenters. The maximum absolute atomic E-state index is 10.6. The number of hydrogen-bond acceptors (Lipinski definition) is 3. The molecule has 13 heavy (non-hydrogen) atoms. The largest absolute Gasteiger partial charge is 0.297 e. The van der Waals surface area contributed by atoms with Gasteiger partial charge in [0.2, 0.25) is 0 Å². The molecule has 0 aromatic carbocycles. The van der Waals surface area contributed by atoms with Crippen LogP contribution in [0.3, 0.4) is 0 Å². The van der Waals surface area contributed by atoms with Crippen molar-refractivity contribution in [2.24, 2.45) is 0 Å². The van der Waals surface area contributed by atoms with Gasteiger partial charge in [0.1, 0.15) is 10.0 Å². The summed E-state index contributed by atoms with van der Waals surface area (Å²) in [6.45, 7) is 0. The normalized spacial score (nSPS) is 10.7. The molecule has 0 saturated carbocycles. The van der Waals surface area contributed by atoms with Crippen LogP contribution in [0.1, 0.15) is 0 Å². The van der Waals surface area contributed by atoms with Crippen LogP contribution in [0.2, 0.25) is 10.3 Å². The number of aromatic nitrogens is 1. The first-order valence-corrected chi connectivity index (χ1v) is 4.90. The van der Waals surface area contributed by atoms with Crippen molar-refractivity contribution < 1.29 is 13.0 Å². The predicted molar refractivity (Wildman–Crippen MR) is 51.3 cm³/mol. The van der Waals surface area contributed by atoms with Crippen LogP contribution in [0.25, 0.3) is 0 Å². The summed E-state index contributed by atoms with van der Waals surface area (Å²) in [5, 5.41) is -0.280. The van der Waals surface area contributed by atoms with Crippen molar-refractivity contribution in [1.82, 2.24) is 4.98 Å². The second kappa shape index (κ2) is 4.43. The lowest BCUT2D eigenvalue weighted by atomic mass is 10.5. The van der Waals surface area contributed by atoms with E-state index in [0.29, 0.717) is 0 Å². The molecule has 1 N–H and O–H groups in total. The molecule has 0 radical (unpaired) electrons. The van der Waals surface area contributed by atoms with Gasteiger partial charge in [-0.2, -0.15) is 8.42 Å². The Morgan fingerprint density at radius 3 is 2.23 bits per heavy atom. The van der Waals surface area contributed by atoms with Gasteiger partial charge in [-0.25, -0.2) is 4.98 Å². The second-order valence-electron chi connectivity index (χ2n) is 1.90. The highest BCUT2D eigenvalue weighted by Gasteiger charge is 2.15. The van der Waals surface area contributed by atoms with Crippen molar-refractivity contribution in [3.8, 4) is 0 Å². The van der Waals surface area contributed by atoms with Crippen molar-refractivity contribution in [1.29, 1.82) is 0 Å². The molecule has 0 aliphatic carbocycles. The summed E-state index contributed by atoms with van der Waals surface area (Å²) < 4.78 is 29.7. The Balaban J connectivity index is 0.00000144. The van der Waals surface area contributed by atoms with Crippen molar-refractivity contribution in [2.75, 3.05) is 0 Å². The molecule has 0 amide bonds. The smallest absolute Gasteiger partial charge is 0.282 e. The van der Waals surface area contributed by atoms with E-state index >= 15 is 0 Å². The second-order valence-corrected chi connectivity index (χ2v) is 4.03. The van der Waals surface area contributed by atoms with E-state index in [4.69, 9.17) is 27.8 Å².